The van der Waals surface area contributed by atoms with Crippen LogP contribution in [0.2, 0.25) is 0 Å². The minimum Gasteiger partial charge on any atom is -1.00 e. The lowest BCUT2D eigenvalue weighted by molar-refractivity contribution is -0.608. The molecule has 13 nitrogen and oxygen atoms in total. The zero-order valence-corrected chi connectivity index (χ0v) is 40.8. The number of carbonyl (C=O) groups excluding carboxylic acids is 4. The second kappa shape index (κ2) is 24.4. The number of hydrogen-bond donors (Lipinski definition) is 1. The number of aryl methyl sites for hydroxylation is 1. The molecule has 7 aromatic rings. The van der Waals surface area contributed by atoms with Crippen molar-refractivity contribution >= 4 is 80.0 Å². The number of para-hydroxylation sites is 2. The highest BCUT2D eigenvalue weighted by molar-refractivity contribution is 8.26. The molecule has 0 amide bonds. The van der Waals surface area contributed by atoms with Gasteiger partial charge in [-0.05, 0) is 91.5 Å². The van der Waals surface area contributed by atoms with E-state index in [-0.39, 0.29) is 34.7 Å². The van der Waals surface area contributed by atoms with Crippen molar-refractivity contribution in [1.82, 2.24) is 0 Å². The first-order valence-electron chi connectivity index (χ1n) is 22.6. The zero-order valence-electron chi connectivity index (χ0n) is 38.4. The summed E-state index contributed by atoms with van der Waals surface area (Å²) < 4.78 is 32.0. The average molecular weight is 1020 g/mol. The number of benzene rings is 7. The average Bonchev–Trinajstić information content (AvgIpc) is 3.41. The second-order valence-corrected chi connectivity index (χ2v) is 18.1. The Morgan fingerprint density at radius 2 is 0.972 bits per heavy atom. The van der Waals surface area contributed by atoms with Gasteiger partial charge >= 0.3 is 23.9 Å². The van der Waals surface area contributed by atoms with E-state index in [1.165, 1.54) is 11.8 Å². The molecular weight excluding hydrogens is 972 g/mol. The lowest BCUT2D eigenvalue weighted by Crippen LogP contribution is -3.12. The van der Waals surface area contributed by atoms with Gasteiger partial charge in [0, 0.05) is 23.9 Å². The number of amidine groups is 3. The van der Waals surface area contributed by atoms with Crippen molar-refractivity contribution in [1.29, 1.82) is 0 Å². The smallest absolute Gasteiger partial charge is 0.338 e. The van der Waals surface area contributed by atoms with Crippen LogP contribution in [0.15, 0.2) is 221 Å². The fraction of sp³-hybridized carbons (Fsp3) is 0.125. The number of esters is 4. The number of rotatable bonds is 13. The van der Waals surface area contributed by atoms with Crippen molar-refractivity contribution in [3.05, 3.63) is 234 Å². The maximum atomic E-state index is 14.4. The summed E-state index contributed by atoms with van der Waals surface area (Å²) in [5, 5.41) is 1.25. The molecule has 7 aromatic carbocycles. The van der Waals surface area contributed by atoms with Gasteiger partial charge in [-0.1, -0.05) is 127 Å². The van der Waals surface area contributed by atoms with Crippen molar-refractivity contribution in [2.45, 2.75) is 36.8 Å². The van der Waals surface area contributed by atoms with E-state index in [0.29, 0.717) is 31.8 Å². The van der Waals surface area contributed by atoms with E-state index in [0.717, 1.165) is 23.0 Å². The summed E-state index contributed by atoms with van der Waals surface area (Å²) in [4.78, 5) is 72.4. The van der Waals surface area contributed by atoms with Crippen molar-refractivity contribution in [3.63, 3.8) is 0 Å². The normalized spacial score (nSPS) is 20.5. The van der Waals surface area contributed by atoms with E-state index in [4.69, 9.17) is 38.7 Å². The maximum absolute atomic E-state index is 14.4. The molecule has 9 rings (SSSR count). The Balaban J connectivity index is 0.00000693. The summed E-state index contributed by atoms with van der Waals surface area (Å²) in [6.07, 6.45) is -5.95. The molecule has 1 N–H and O–H groups in total. The van der Waals surface area contributed by atoms with Gasteiger partial charge in [-0.2, -0.15) is 14.9 Å². The first kappa shape index (κ1) is 50.7. The van der Waals surface area contributed by atoms with Crippen molar-refractivity contribution in [2.24, 2.45) is 15.0 Å². The Kier molecular flexibility index (Phi) is 17.2. The predicted molar refractivity (Wildman–Crippen MR) is 274 cm³/mol. The molecule has 1 saturated heterocycles. The Hall–Kier alpha value is -7.66. The third-order valence-corrected chi connectivity index (χ3v) is 13.1. The number of hydrogen-bond acceptors (Lipinski definition) is 13. The molecule has 16 heteroatoms. The molecule has 0 radical (unpaired) electrons. The highest BCUT2D eigenvalue weighted by atomic mass is 35.5. The number of aliphatic imine (C=N–C) groups is 3. The van der Waals surface area contributed by atoms with Gasteiger partial charge in [0.15, 0.2) is 23.7 Å². The fourth-order valence-corrected chi connectivity index (χ4v) is 9.83. The van der Waals surface area contributed by atoms with Gasteiger partial charge in [0.1, 0.15) is 18.4 Å². The number of ether oxygens (including phenoxy) is 5. The van der Waals surface area contributed by atoms with E-state index in [1.807, 2.05) is 91.9 Å². The minimum atomic E-state index is -1.58. The first-order chi connectivity index (χ1) is 34.8. The summed E-state index contributed by atoms with van der Waals surface area (Å²) >= 11 is 2.34. The molecule has 2 unspecified atom stereocenters. The molecule has 2 heterocycles. The molecule has 0 aromatic heterocycles. The quantitative estimate of drug-likeness (QED) is 0.0940. The summed E-state index contributed by atoms with van der Waals surface area (Å²) in [7, 11) is 0. The Morgan fingerprint density at radius 1 is 0.542 bits per heavy atom. The third kappa shape index (κ3) is 12.8. The minimum absolute atomic E-state index is 0. The molecule has 362 valence electrons. The van der Waals surface area contributed by atoms with Gasteiger partial charge in [-0.15, -0.1) is 0 Å². The topological polar surface area (TPSA) is 156 Å². The second-order valence-electron chi connectivity index (χ2n) is 16.1. The van der Waals surface area contributed by atoms with Crippen LogP contribution >= 0.6 is 23.5 Å². The van der Waals surface area contributed by atoms with Crippen LogP contribution in [0.4, 0.5) is 17.1 Å². The monoisotopic (exact) mass is 1020 g/mol. The molecule has 2 aliphatic rings. The summed E-state index contributed by atoms with van der Waals surface area (Å²) in [5.41, 5.74) is 2.62. The van der Waals surface area contributed by atoms with Crippen LogP contribution in [0.25, 0.3) is 0 Å². The zero-order chi connectivity index (χ0) is 48.9. The van der Waals surface area contributed by atoms with Crippen molar-refractivity contribution in [2.75, 3.05) is 6.61 Å². The van der Waals surface area contributed by atoms with Gasteiger partial charge in [0.2, 0.25) is 5.17 Å². The van der Waals surface area contributed by atoms with Gasteiger partial charge in [-0.3, -0.25) is 0 Å². The van der Waals surface area contributed by atoms with Crippen LogP contribution < -0.4 is 17.3 Å². The number of halogens is 1. The molecule has 2 aliphatic heterocycles. The lowest BCUT2D eigenvalue weighted by atomic mass is 9.98. The summed E-state index contributed by atoms with van der Waals surface area (Å²) in [6.45, 7) is 1.50. The predicted octanol–water partition coefficient (Wildman–Crippen LogP) is 6.99. The number of thioether (sulfide) groups is 2. The Labute approximate surface area is 430 Å². The molecule has 1 fully saturated rings. The lowest BCUT2D eigenvalue weighted by Gasteiger charge is -2.44. The largest absolute Gasteiger partial charge is 1.00 e. The number of nitrogens with one attached hydrogen (secondary N) is 1. The van der Waals surface area contributed by atoms with Gasteiger partial charge in [0.05, 0.1) is 33.6 Å². The molecule has 0 spiro atoms. The van der Waals surface area contributed by atoms with Crippen LogP contribution in [-0.4, -0.2) is 75.8 Å². The number of nitrogens with zero attached hydrogens (tertiary/aromatic N) is 3. The number of carbonyl (C=O) groups is 4. The SMILES string of the molecule is Cc1ccc(N=C2N=C(SC3O[C@H](COC(=O)c4ccccc4)[C@@H](OC(=O)c4ccccc4)[C@H](OC(=O)c4ccccc4)[C@H]3OC(=O)c3ccccc3)[NH+](c3ccccc3)C(=Nc3ccccc3)S2)cc1.[Cl-]. The third-order valence-electron chi connectivity index (χ3n) is 11.1. The Bertz CT molecular complexity index is 3050. The van der Waals surface area contributed by atoms with E-state index in [9.17, 15) is 19.2 Å². The van der Waals surface area contributed by atoms with Crippen LogP contribution in [0.3, 0.4) is 0 Å². The Morgan fingerprint density at radius 3 is 1.49 bits per heavy atom. The van der Waals surface area contributed by atoms with E-state index in [1.54, 1.807) is 121 Å². The molecule has 72 heavy (non-hydrogen) atoms. The van der Waals surface area contributed by atoms with Gasteiger partial charge in [0.25, 0.3) is 10.3 Å². The number of quaternary nitrogens is 1. The molecule has 0 saturated carbocycles. The molecule has 6 atom stereocenters. The maximum Gasteiger partial charge on any atom is 0.338 e. The molecule has 0 aliphatic carbocycles. The van der Waals surface area contributed by atoms with Crippen LogP contribution in [0.5, 0.6) is 0 Å². The van der Waals surface area contributed by atoms with Crippen molar-refractivity contribution in [3.8, 4) is 0 Å². The van der Waals surface area contributed by atoms with E-state index in [2.05, 4.69) is 0 Å². The van der Waals surface area contributed by atoms with Gasteiger partial charge in [-0.25, -0.2) is 24.2 Å². The van der Waals surface area contributed by atoms with E-state index >= 15 is 0 Å². The standard InChI is InChI=1S/C56H44N4O9S2.ClH/c1-37-32-34-43(35-33-37)57-54-59-56(60(44-30-18-7-19-31-44)55(71-54)58-42-28-16-6-17-29-42)70-53-48(69-52(64)41-26-14-5-15-27-41)47(68-51(63)40-24-12-4-13-25-40)46(67-50(62)39-22-10-3-11-23-39)45(66-53)36-65-49(61)38-20-8-2-9-21-38;/h2-35,45-48,53H,36H2,1H3;1H/t45-,46-,47+,48-,53?;/m1./s1. The summed E-state index contributed by atoms with van der Waals surface area (Å²) in [5.74, 6) is -3.08. The highest BCUT2D eigenvalue weighted by Gasteiger charge is 2.55. The van der Waals surface area contributed by atoms with Gasteiger partial charge < -0.3 is 36.1 Å². The first-order valence-corrected chi connectivity index (χ1v) is 24.3. The summed E-state index contributed by atoms with van der Waals surface area (Å²) in [6, 6.07) is 59.9. The van der Waals surface area contributed by atoms with Crippen molar-refractivity contribution < 1.29 is 60.2 Å². The van der Waals surface area contributed by atoms with E-state index < -0.39 is 60.3 Å². The van der Waals surface area contributed by atoms with Crippen LogP contribution in [0.1, 0.15) is 47.0 Å². The molecule has 0 bridgehead atoms. The molecular formula is C56H45ClN4O9S2. The van der Waals surface area contributed by atoms with Crippen LogP contribution in [0, 0.1) is 6.92 Å². The van der Waals surface area contributed by atoms with Crippen LogP contribution in [-0.2, 0) is 23.7 Å². The highest BCUT2D eigenvalue weighted by Crippen LogP contribution is 2.37. The fourth-order valence-electron chi connectivity index (χ4n) is 7.54.